The molecule has 26 heavy (non-hydrogen) atoms. The topological polar surface area (TPSA) is 87.9 Å². The van der Waals surface area contributed by atoms with Gasteiger partial charge in [0, 0.05) is 12.6 Å². The normalized spacial score (nSPS) is 11.3. The highest BCUT2D eigenvalue weighted by Gasteiger charge is 2.39. The molecule has 10 heteroatoms. The molecule has 0 spiro atoms. The lowest BCUT2D eigenvalue weighted by Crippen LogP contribution is -2.35. The van der Waals surface area contributed by atoms with E-state index in [4.69, 9.17) is 10.00 Å². The minimum Gasteiger partial charge on any atom is -0.492 e. The second-order valence-electron chi connectivity index (χ2n) is 5.33. The van der Waals surface area contributed by atoms with Crippen LogP contribution in [0, 0.1) is 17.1 Å². The van der Waals surface area contributed by atoms with E-state index in [1.165, 1.54) is 0 Å². The monoisotopic (exact) mass is 371 g/mol. The van der Waals surface area contributed by atoms with Gasteiger partial charge in [0.05, 0.1) is 17.7 Å². The minimum atomic E-state index is -5.09. The zero-order valence-electron chi connectivity index (χ0n) is 13.7. The number of ether oxygens (including phenoxy) is 1. The molecule has 1 N–H and O–H groups in total. The molecule has 0 fully saturated rings. The minimum absolute atomic E-state index is 0.134. The molecule has 0 aliphatic heterocycles. The summed E-state index contributed by atoms with van der Waals surface area (Å²) in [5.41, 5.74) is -6.30. The SMILES string of the molecule is CCCOc1cc(-c2c(C(F)(F)F)n(C)c(=O)[nH]c2=O)c(F)cc1C#N. The van der Waals surface area contributed by atoms with Gasteiger partial charge in [-0.1, -0.05) is 6.92 Å². The lowest BCUT2D eigenvalue weighted by molar-refractivity contribution is -0.143. The van der Waals surface area contributed by atoms with Crippen LogP contribution < -0.4 is 16.0 Å². The van der Waals surface area contributed by atoms with E-state index >= 15 is 0 Å². The number of nitrogens with one attached hydrogen (secondary N) is 1. The smallest absolute Gasteiger partial charge is 0.432 e. The number of aromatic nitrogens is 2. The van der Waals surface area contributed by atoms with E-state index in [2.05, 4.69) is 0 Å². The summed E-state index contributed by atoms with van der Waals surface area (Å²) in [4.78, 5) is 25.3. The van der Waals surface area contributed by atoms with Crippen molar-refractivity contribution in [3.63, 3.8) is 0 Å². The Kier molecular flexibility index (Phi) is 5.20. The Morgan fingerprint density at radius 2 is 1.96 bits per heavy atom. The molecular formula is C16H13F4N3O3. The molecule has 0 unspecified atom stereocenters. The van der Waals surface area contributed by atoms with E-state index in [9.17, 15) is 27.2 Å². The summed E-state index contributed by atoms with van der Waals surface area (Å²) >= 11 is 0. The van der Waals surface area contributed by atoms with Gasteiger partial charge in [-0.15, -0.1) is 0 Å². The number of hydrogen-bond acceptors (Lipinski definition) is 4. The third-order valence-corrected chi connectivity index (χ3v) is 3.51. The molecule has 1 aromatic carbocycles. The molecule has 0 bridgehead atoms. The molecular weight excluding hydrogens is 358 g/mol. The van der Waals surface area contributed by atoms with Crippen molar-refractivity contribution in [2.45, 2.75) is 19.5 Å². The Labute approximate surface area is 144 Å². The zero-order chi connectivity index (χ0) is 19.6. The largest absolute Gasteiger partial charge is 0.492 e. The Bertz CT molecular complexity index is 1000. The van der Waals surface area contributed by atoms with E-state index in [0.29, 0.717) is 12.5 Å². The summed E-state index contributed by atoms with van der Waals surface area (Å²) in [7, 11) is 0.806. The zero-order valence-corrected chi connectivity index (χ0v) is 13.7. The van der Waals surface area contributed by atoms with Crippen molar-refractivity contribution in [1.82, 2.24) is 9.55 Å². The number of benzene rings is 1. The highest BCUT2D eigenvalue weighted by molar-refractivity contribution is 5.70. The van der Waals surface area contributed by atoms with Gasteiger partial charge < -0.3 is 4.74 Å². The molecule has 0 saturated heterocycles. The van der Waals surface area contributed by atoms with Crippen LogP contribution in [0.3, 0.4) is 0 Å². The molecule has 6 nitrogen and oxygen atoms in total. The third-order valence-electron chi connectivity index (χ3n) is 3.51. The fourth-order valence-electron chi connectivity index (χ4n) is 2.37. The first kappa shape index (κ1) is 19.2. The summed E-state index contributed by atoms with van der Waals surface area (Å²) in [6.07, 6.45) is -4.56. The fraction of sp³-hybridized carbons (Fsp3) is 0.312. The summed E-state index contributed by atoms with van der Waals surface area (Å²) in [5.74, 6) is -1.38. The van der Waals surface area contributed by atoms with Crippen molar-refractivity contribution < 1.29 is 22.3 Å². The molecule has 2 rings (SSSR count). The van der Waals surface area contributed by atoms with Crippen molar-refractivity contribution >= 4 is 0 Å². The summed E-state index contributed by atoms with van der Waals surface area (Å²) < 4.78 is 60.1. The quantitative estimate of drug-likeness (QED) is 0.837. The van der Waals surface area contributed by atoms with Gasteiger partial charge in [-0.3, -0.25) is 14.3 Å². The Morgan fingerprint density at radius 3 is 2.50 bits per heavy atom. The first-order chi connectivity index (χ1) is 12.1. The maximum atomic E-state index is 14.4. The van der Waals surface area contributed by atoms with Crippen molar-refractivity contribution in [3.8, 4) is 22.9 Å². The lowest BCUT2D eigenvalue weighted by Gasteiger charge is -2.17. The Hall–Kier alpha value is -3.09. The number of nitrogens with zero attached hydrogens (tertiary/aromatic N) is 2. The molecule has 2 aromatic rings. The van der Waals surface area contributed by atoms with Crippen LogP contribution >= 0.6 is 0 Å². The number of rotatable bonds is 4. The Morgan fingerprint density at radius 1 is 1.31 bits per heavy atom. The molecule has 0 aliphatic rings. The molecule has 0 aliphatic carbocycles. The number of aromatic amines is 1. The second kappa shape index (κ2) is 7.03. The number of H-pyrrole nitrogens is 1. The summed E-state index contributed by atoms with van der Waals surface area (Å²) in [6.45, 7) is 1.89. The maximum Gasteiger partial charge on any atom is 0.432 e. The van der Waals surface area contributed by atoms with Crippen molar-refractivity contribution in [2.24, 2.45) is 7.05 Å². The first-order valence-electron chi connectivity index (χ1n) is 7.39. The van der Waals surface area contributed by atoms with Gasteiger partial charge in [0.1, 0.15) is 23.3 Å². The van der Waals surface area contributed by atoms with Gasteiger partial charge in [0.25, 0.3) is 5.56 Å². The fourth-order valence-corrected chi connectivity index (χ4v) is 2.37. The van der Waals surface area contributed by atoms with Crippen LogP contribution in [0.1, 0.15) is 24.6 Å². The Balaban J connectivity index is 2.89. The lowest BCUT2D eigenvalue weighted by atomic mass is 10.0. The molecule has 0 saturated carbocycles. The molecule has 0 amide bonds. The summed E-state index contributed by atoms with van der Waals surface area (Å²) in [5, 5.41) is 9.03. The molecule has 1 aromatic heterocycles. The van der Waals surface area contributed by atoms with Crippen molar-refractivity contribution in [3.05, 3.63) is 50.0 Å². The van der Waals surface area contributed by atoms with E-state index < -0.39 is 40.1 Å². The standard InChI is InChI=1S/C16H13F4N3O3/c1-3-4-26-11-6-9(10(17)5-8(11)7-21)12-13(16(18,19)20)23(2)15(25)22-14(12)24/h5-6H,3-4H2,1-2H3,(H,22,24,25). The van der Waals surface area contributed by atoms with Crippen LogP contribution in [-0.2, 0) is 13.2 Å². The van der Waals surface area contributed by atoms with E-state index in [0.717, 1.165) is 13.1 Å². The number of alkyl halides is 3. The van der Waals surface area contributed by atoms with Crippen LogP contribution in [0.15, 0.2) is 21.7 Å². The van der Waals surface area contributed by atoms with Crippen LogP contribution in [0.5, 0.6) is 5.75 Å². The predicted octanol–water partition coefficient (Wildman–Crippen LogP) is 2.56. The van der Waals surface area contributed by atoms with Crippen molar-refractivity contribution in [1.29, 1.82) is 5.26 Å². The van der Waals surface area contributed by atoms with Gasteiger partial charge in [-0.05, 0) is 18.6 Å². The van der Waals surface area contributed by atoms with Gasteiger partial charge in [0.15, 0.2) is 0 Å². The van der Waals surface area contributed by atoms with E-state index in [1.54, 1.807) is 18.0 Å². The second-order valence-corrected chi connectivity index (χ2v) is 5.33. The van der Waals surface area contributed by atoms with Crippen molar-refractivity contribution in [2.75, 3.05) is 6.61 Å². The van der Waals surface area contributed by atoms with Crippen LogP contribution in [0.25, 0.3) is 11.1 Å². The maximum absolute atomic E-state index is 14.4. The molecule has 0 radical (unpaired) electrons. The molecule has 138 valence electrons. The van der Waals surface area contributed by atoms with Gasteiger partial charge >= 0.3 is 11.9 Å². The number of hydrogen-bond donors (Lipinski definition) is 1. The van der Waals surface area contributed by atoms with E-state index in [-0.39, 0.29) is 22.5 Å². The number of halogens is 4. The highest BCUT2D eigenvalue weighted by atomic mass is 19.4. The van der Waals surface area contributed by atoms with Gasteiger partial charge in [-0.2, -0.15) is 18.4 Å². The predicted molar refractivity (Wildman–Crippen MR) is 83.2 cm³/mol. The number of nitriles is 1. The molecule has 1 heterocycles. The molecule has 0 atom stereocenters. The average molecular weight is 371 g/mol. The highest BCUT2D eigenvalue weighted by Crippen LogP contribution is 2.37. The third kappa shape index (κ3) is 3.46. The average Bonchev–Trinajstić information content (AvgIpc) is 2.55. The van der Waals surface area contributed by atoms with E-state index in [1.807, 2.05) is 0 Å². The van der Waals surface area contributed by atoms with Crippen LogP contribution in [0.4, 0.5) is 17.6 Å². The van der Waals surface area contributed by atoms with Gasteiger partial charge in [-0.25, -0.2) is 9.18 Å². The van der Waals surface area contributed by atoms with Crippen LogP contribution in [0.2, 0.25) is 0 Å². The van der Waals surface area contributed by atoms with Crippen LogP contribution in [-0.4, -0.2) is 16.2 Å². The first-order valence-corrected chi connectivity index (χ1v) is 7.39. The van der Waals surface area contributed by atoms with Gasteiger partial charge in [0.2, 0.25) is 0 Å². The summed E-state index contributed by atoms with van der Waals surface area (Å²) in [6, 6.07) is 3.22.